The Morgan fingerprint density at radius 1 is 1.21 bits per heavy atom. The van der Waals surface area contributed by atoms with Crippen LogP contribution in [0.3, 0.4) is 0 Å². The largest absolute Gasteiger partial charge is 0.464 e. The summed E-state index contributed by atoms with van der Waals surface area (Å²) in [5, 5.41) is 20.1. The molecule has 10 heteroatoms. The van der Waals surface area contributed by atoms with Crippen LogP contribution in [-0.4, -0.2) is 50.2 Å². The summed E-state index contributed by atoms with van der Waals surface area (Å²) in [6.45, 7) is 5.98. The van der Waals surface area contributed by atoms with Crippen LogP contribution in [0.5, 0.6) is 0 Å². The molecule has 4 rings (SSSR count). The standard InChI is InChI=1S/C23H26N6O4/c1-4-9-24-22(31)17-11-28-19(14(17)3)20(25-12-26-28)29(23(32)33)18-10-15(6-5-13(18)2)21(30)27-16-7-8-16/h5-6,10-12,16H,4,7-9H2,1-3H3,(H,24,31)(H,27,30)(H,32,33). The molecule has 0 atom stereocenters. The highest BCUT2D eigenvalue weighted by atomic mass is 16.4. The van der Waals surface area contributed by atoms with E-state index in [4.69, 9.17) is 0 Å². The molecule has 0 unspecified atom stereocenters. The highest BCUT2D eigenvalue weighted by Gasteiger charge is 2.28. The van der Waals surface area contributed by atoms with E-state index < -0.39 is 6.09 Å². The summed E-state index contributed by atoms with van der Waals surface area (Å²) >= 11 is 0. The minimum absolute atomic E-state index is 0.104. The van der Waals surface area contributed by atoms with Crippen LogP contribution in [-0.2, 0) is 0 Å². The molecule has 1 aliphatic rings. The van der Waals surface area contributed by atoms with Gasteiger partial charge in [0, 0.05) is 24.3 Å². The summed E-state index contributed by atoms with van der Waals surface area (Å²) in [7, 11) is 0. The highest BCUT2D eigenvalue weighted by Crippen LogP contribution is 2.33. The average molecular weight is 450 g/mol. The lowest BCUT2D eigenvalue weighted by Gasteiger charge is -2.22. The van der Waals surface area contributed by atoms with Gasteiger partial charge in [0.05, 0.1) is 11.3 Å². The molecule has 0 saturated heterocycles. The van der Waals surface area contributed by atoms with Crippen molar-refractivity contribution in [3.8, 4) is 0 Å². The Kier molecular flexibility index (Phi) is 5.99. The summed E-state index contributed by atoms with van der Waals surface area (Å²) in [5.74, 6) is -0.402. The molecule has 0 bridgehead atoms. The number of anilines is 2. The smallest absolute Gasteiger partial charge is 0.417 e. The van der Waals surface area contributed by atoms with Crippen LogP contribution < -0.4 is 15.5 Å². The van der Waals surface area contributed by atoms with E-state index in [1.165, 1.54) is 10.8 Å². The molecule has 0 spiro atoms. The first-order valence-corrected chi connectivity index (χ1v) is 10.9. The molecule has 10 nitrogen and oxygen atoms in total. The number of nitrogens with zero attached hydrogens (tertiary/aromatic N) is 4. The van der Waals surface area contributed by atoms with Gasteiger partial charge in [0.2, 0.25) is 0 Å². The van der Waals surface area contributed by atoms with E-state index in [0.29, 0.717) is 40.0 Å². The fraction of sp³-hybridized carbons (Fsp3) is 0.348. The Morgan fingerprint density at radius 2 is 1.97 bits per heavy atom. The first-order chi connectivity index (χ1) is 15.8. The predicted molar refractivity (Wildman–Crippen MR) is 122 cm³/mol. The van der Waals surface area contributed by atoms with Crippen molar-refractivity contribution in [1.29, 1.82) is 0 Å². The molecule has 1 aliphatic carbocycles. The fourth-order valence-electron chi connectivity index (χ4n) is 3.66. The third-order valence-corrected chi connectivity index (χ3v) is 5.62. The van der Waals surface area contributed by atoms with Crippen molar-refractivity contribution in [3.63, 3.8) is 0 Å². The molecule has 3 aromatic rings. The van der Waals surface area contributed by atoms with Crippen LogP contribution >= 0.6 is 0 Å². The average Bonchev–Trinajstić information content (AvgIpc) is 3.53. The van der Waals surface area contributed by atoms with Crippen molar-refractivity contribution >= 4 is 34.9 Å². The minimum atomic E-state index is -1.27. The van der Waals surface area contributed by atoms with Crippen molar-refractivity contribution in [3.05, 3.63) is 53.0 Å². The zero-order valence-corrected chi connectivity index (χ0v) is 18.8. The van der Waals surface area contributed by atoms with Gasteiger partial charge in [-0.2, -0.15) is 5.10 Å². The van der Waals surface area contributed by atoms with E-state index >= 15 is 0 Å². The summed E-state index contributed by atoms with van der Waals surface area (Å²) < 4.78 is 1.45. The van der Waals surface area contributed by atoms with Gasteiger partial charge in [-0.05, 0) is 56.4 Å². The van der Waals surface area contributed by atoms with Gasteiger partial charge < -0.3 is 15.7 Å². The van der Waals surface area contributed by atoms with Crippen molar-refractivity contribution in [1.82, 2.24) is 25.2 Å². The second-order valence-electron chi connectivity index (χ2n) is 8.17. The quantitative estimate of drug-likeness (QED) is 0.507. The first kappa shape index (κ1) is 22.3. The van der Waals surface area contributed by atoms with Gasteiger partial charge in [0.15, 0.2) is 5.82 Å². The molecule has 1 aromatic carbocycles. The number of carbonyl (C=O) groups excluding carboxylic acids is 2. The van der Waals surface area contributed by atoms with Gasteiger partial charge in [-0.25, -0.2) is 19.2 Å². The Bertz CT molecular complexity index is 1250. The number of aryl methyl sites for hydroxylation is 2. The lowest BCUT2D eigenvalue weighted by Crippen LogP contribution is -2.28. The van der Waals surface area contributed by atoms with Gasteiger partial charge in [-0.15, -0.1) is 0 Å². The summed E-state index contributed by atoms with van der Waals surface area (Å²) in [6.07, 6.45) is 4.23. The molecule has 1 saturated carbocycles. The van der Waals surface area contributed by atoms with Gasteiger partial charge in [0.1, 0.15) is 11.8 Å². The van der Waals surface area contributed by atoms with Crippen LogP contribution in [0.15, 0.2) is 30.7 Å². The topological polar surface area (TPSA) is 129 Å². The van der Waals surface area contributed by atoms with E-state index in [2.05, 4.69) is 20.7 Å². The summed E-state index contributed by atoms with van der Waals surface area (Å²) in [6, 6.07) is 5.11. The lowest BCUT2D eigenvalue weighted by molar-refractivity contribution is 0.0943. The molecule has 172 valence electrons. The Labute approximate surface area is 190 Å². The van der Waals surface area contributed by atoms with Crippen LogP contribution in [0.1, 0.15) is 58.0 Å². The molecule has 2 heterocycles. The Hall–Kier alpha value is -3.95. The van der Waals surface area contributed by atoms with E-state index in [-0.39, 0.29) is 23.7 Å². The fourth-order valence-corrected chi connectivity index (χ4v) is 3.66. The molecule has 0 radical (unpaired) electrons. The van der Waals surface area contributed by atoms with Gasteiger partial charge in [0.25, 0.3) is 11.8 Å². The van der Waals surface area contributed by atoms with Crippen LogP contribution in [0, 0.1) is 13.8 Å². The minimum Gasteiger partial charge on any atom is -0.464 e. The highest BCUT2D eigenvalue weighted by molar-refractivity contribution is 6.04. The molecule has 2 aromatic heterocycles. The lowest BCUT2D eigenvalue weighted by atomic mass is 10.1. The maximum absolute atomic E-state index is 12.6. The van der Waals surface area contributed by atoms with Gasteiger partial charge in [-0.1, -0.05) is 13.0 Å². The Morgan fingerprint density at radius 3 is 2.64 bits per heavy atom. The monoisotopic (exact) mass is 450 g/mol. The second-order valence-corrected chi connectivity index (χ2v) is 8.17. The van der Waals surface area contributed by atoms with Gasteiger partial charge in [-0.3, -0.25) is 9.59 Å². The number of benzene rings is 1. The summed E-state index contributed by atoms with van der Waals surface area (Å²) in [5.41, 5.74) is 2.68. The Balaban J connectivity index is 1.81. The SMILES string of the molecule is CCCNC(=O)c1cn2ncnc(N(C(=O)O)c3cc(C(=O)NC4CC4)ccc3C)c2c1C. The number of amides is 3. The van der Waals surface area contributed by atoms with E-state index in [1.54, 1.807) is 38.2 Å². The van der Waals surface area contributed by atoms with Gasteiger partial charge >= 0.3 is 6.09 Å². The number of fused-ring (bicyclic) bond motifs is 1. The molecule has 3 N–H and O–H groups in total. The first-order valence-electron chi connectivity index (χ1n) is 10.9. The third-order valence-electron chi connectivity index (χ3n) is 5.62. The number of carbonyl (C=O) groups is 3. The van der Waals surface area contributed by atoms with E-state index in [9.17, 15) is 19.5 Å². The van der Waals surface area contributed by atoms with Crippen molar-refractivity contribution in [2.24, 2.45) is 0 Å². The number of rotatable bonds is 7. The van der Waals surface area contributed by atoms with Crippen molar-refractivity contribution < 1.29 is 19.5 Å². The maximum Gasteiger partial charge on any atom is 0.417 e. The number of aromatic nitrogens is 3. The number of nitrogens with one attached hydrogen (secondary N) is 2. The number of carboxylic acid groups (broad SMARTS) is 1. The molecular formula is C23H26N6O4. The zero-order chi connectivity index (χ0) is 23.7. The van der Waals surface area contributed by atoms with Crippen LogP contribution in [0.4, 0.5) is 16.3 Å². The second kappa shape index (κ2) is 8.89. The zero-order valence-electron chi connectivity index (χ0n) is 18.8. The molecule has 0 aliphatic heterocycles. The van der Waals surface area contributed by atoms with Crippen LogP contribution in [0.2, 0.25) is 0 Å². The van der Waals surface area contributed by atoms with E-state index in [0.717, 1.165) is 24.2 Å². The third kappa shape index (κ3) is 4.36. The number of hydrogen-bond acceptors (Lipinski definition) is 5. The maximum atomic E-state index is 12.6. The molecule has 1 fully saturated rings. The normalized spacial score (nSPS) is 13.1. The summed E-state index contributed by atoms with van der Waals surface area (Å²) in [4.78, 5) is 42.9. The number of hydrogen-bond donors (Lipinski definition) is 3. The van der Waals surface area contributed by atoms with Crippen molar-refractivity contribution in [2.45, 2.75) is 46.1 Å². The van der Waals surface area contributed by atoms with E-state index in [1.807, 2.05) is 6.92 Å². The molecular weight excluding hydrogens is 424 g/mol. The molecule has 3 amide bonds. The van der Waals surface area contributed by atoms with Crippen molar-refractivity contribution in [2.75, 3.05) is 11.4 Å². The molecule has 33 heavy (non-hydrogen) atoms. The van der Waals surface area contributed by atoms with Crippen LogP contribution in [0.25, 0.3) is 5.52 Å². The predicted octanol–water partition coefficient (Wildman–Crippen LogP) is 3.19.